The SMILES string of the molecule is O=C(O)C12CC3C[C](CC(C3)C1[N+](=O)[O-])C2c1ccc([N+](=O)[O-])cc1. The Morgan fingerprint density at radius 3 is 2.40 bits per heavy atom. The summed E-state index contributed by atoms with van der Waals surface area (Å²) in [5, 5.41) is 32.7. The van der Waals surface area contributed by atoms with Gasteiger partial charge in [-0.25, -0.2) is 0 Å². The topological polar surface area (TPSA) is 124 Å². The van der Waals surface area contributed by atoms with E-state index in [1.165, 1.54) is 12.1 Å². The number of carboxylic acid groups (broad SMARTS) is 1. The number of nitro benzene ring substituents is 1. The van der Waals surface area contributed by atoms with Gasteiger partial charge in [0.2, 0.25) is 6.04 Å². The fraction of sp³-hybridized carbons (Fsp3) is 0.529. The maximum atomic E-state index is 12.3. The van der Waals surface area contributed by atoms with E-state index in [0.717, 1.165) is 18.8 Å². The second kappa shape index (κ2) is 5.24. The maximum absolute atomic E-state index is 12.3. The largest absolute Gasteiger partial charge is 0.481 e. The van der Waals surface area contributed by atoms with E-state index in [1.807, 2.05) is 0 Å². The molecule has 0 amide bonds. The average Bonchev–Trinajstić information content (AvgIpc) is 2.53. The highest BCUT2D eigenvalue weighted by Crippen LogP contribution is 2.67. The molecule has 5 unspecified atom stereocenters. The maximum Gasteiger partial charge on any atom is 0.317 e. The molecule has 0 spiro atoms. The lowest BCUT2D eigenvalue weighted by Gasteiger charge is -2.59. The molecule has 1 aromatic rings. The van der Waals surface area contributed by atoms with Crippen molar-refractivity contribution in [2.45, 2.75) is 37.6 Å². The number of nitrogens with zero attached hydrogens (tertiary/aromatic N) is 2. The Bertz CT molecular complexity index is 763. The minimum Gasteiger partial charge on any atom is -0.481 e. The number of carboxylic acids is 1. The van der Waals surface area contributed by atoms with Crippen LogP contribution in [0.3, 0.4) is 0 Å². The summed E-state index contributed by atoms with van der Waals surface area (Å²) in [4.78, 5) is 34.0. The number of aliphatic carboxylic acids is 1. The van der Waals surface area contributed by atoms with Crippen LogP contribution >= 0.6 is 0 Å². The summed E-state index contributed by atoms with van der Waals surface area (Å²) in [6, 6.07) is 4.69. The first-order valence-electron chi connectivity index (χ1n) is 8.30. The van der Waals surface area contributed by atoms with Gasteiger partial charge in [0.25, 0.3) is 5.69 Å². The molecule has 0 saturated heterocycles. The van der Waals surface area contributed by atoms with Gasteiger partial charge in [0.15, 0.2) is 0 Å². The van der Waals surface area contributed by atoms with Gasteiger partial charge in [-0.3, -0.25) is 25.0 Å². The van der Waals surface area contributed by atoms with E-state index in [2.05, 4.69) is 0 Å². The van der Waals surface area contributed by atoms with E-state index in [0.29, 0.717) is 18.4 Å². The summed E-state index contributed by atoms with van der Waals surface area (Å²) in [5.74, 6) is -0.641. The van der Waals surface area contributed by atoms with Crippen LogP contribution < -0.4 is 0 Å². The number of non-ortho nitro benzene ring substituents is 1. The lowest BCUT2D eigenvalue weighted by Crippen LogP contribution is -2.65. The average molecular weight is 345 g/mol. The second-order valence-electron chi connectivity index (χ2n) is 7.49. The van der Waals surface area contributed by atoms with Gasteiger partial charge in [-0.2, -0.15) is 0 Å². The van der Waals surface area contributed by atoms with E-state index < -0.39 is 33.2 Å². The fourth-order valence-electron chi connectivity index (χ4n) is 5.71. The third-order valence-electron chi connectivity index (χ3n) is 6.30. The van der Waals surface area contributed by atoms with E-state index in [1.54, 1.807) is 12.1 Å². The predicted octanol–water partition coefficient (Wildman–Crippen LogP) is 2.80. The van der Waals surface area contributed by atoms with Gasteiger partial charge >= 0.3 is 5.97 Å². The van der Waals surface area contributed by atoms with Crippen molar-refractivity contribution in [2.75, 3.05) is 0 Å². The van der Waals surface area contributed by atoms with Gasteiger partial charge < -0.3 is 5.11 Å². The van der Waals surface area contributed by atoms with Crippen LogP contribution in [-0.4, -0.2) is 27.0 Å². The number of nitro groups is 2. The molecule has 0 aliphatic heterocycles. The molecule has 4 fully saturated rings. The van der Waals surface area contributed by atoms with Crippen LogP contribution in [0.4, 0.5) is 5.69 Å². The zero-order valence-corrected chi connectivity index (χ0v) is 13.3. The Kier molecular flexibility index (Phi) is 3.35. The lowest BCUT2D eigenvalue weighted by atomic mass is 9.42. The molecule has 5 rings (SSSR count). The van der Waals surface area contributed by atoms with E-state index in [4.69, 9.17) is 0 Å². The zero-order chi connectivity index (χ0) is 17.9. The van der Waals surface area contributed by atoms with E-state index >= 15 is 0 Å². The van der Waals surface area contributed by atoms with Crippen molar-refractivity contribution in [3.05, 3.63) is 56.0 Å². The van der Waals surface area contributed by atoms with Crippen LogP contribution in [-0.2, 0) is 4.79 Å². The van der Waals surface area contributed by atoms with E-state index in [9.17, 15) is 30.1 Å². The Labute approximate surface area is 143 Å². The second-order valence-corrected chi connectivity index (χ2v) is 7.49. The van der Waals surface area contributed by atoms with Gasteiger partial charge in [-0.15, -0.1) is 0 Å². The van der Waals surface area contributed by atoms with Crippen LogP contribution in [0.2, 0.25) is 0 Å². The zero-order valence-electron chi connectivity index (χ0n) is 13.3. The fourth-order valence-corrected chi connectivity index (χ4v) is 5.71. The Morgan fingerprint density at radius 1 is 1.16 bits per heavy atom. The molecule has 4 saturated carbocycles. The molecule has 4 aliphatic carbocycles. The van der Waals surface area contributed by atoms with Crippen LogP contribution in [0.5, 0.6) is 0 Å². The van der Waals surface area contributed by atoms with Crippen LogP contribution in [0.25, 0.3) is 0 Å². The molecule has 5 atom stereocenters. The van der Waals surface area contributed by atoms with E-state index in [-0.39, 0.29) is 17.5 Å². The predicted molar refractivity (Wildman–Crippen MR) is 85.4 cm³/mol. The minimum atomic E-state index is -1.45. The molecule has 1 aromatic carbocycles. The monoisotopic (exact) mass is 345 g/mol. The Hall–Kier alpha value is -2.51. The normalized spacial score (nSPS) is 36.3. The summed E-state index contributed by atoms with van der Waals surface area (Å²) in [6.07, 6.45) is 2.41. The highest BCUT2D eigenvalue weighted by Gasteiger charge is 2.71. The summed E-state index contributed by atoms with van der Waals surface area (Å²) in [5.41, 5.74) is -0.889. The smallest absolute Gasteiger partial charge is 0.317 e. The molecular weight excluding hydrogens is 328 g/mol. The molecule has 0 aromatic heterocycles. The highest BCUT2D eigenvalue weighted by molar-refractivity contribution is 5.79. The van der Waals surface area contributed by atoms with Crippen molar-refractivity contribution >= 4 is 11.7 Å². The molecule has 8 nitrogen and oxygen atoms in total. The summed E-state index contributed by atoms with van der Waals surface area (Å²) >= 11 is 0. The number of hydrogen-bond acceptors (Lipinski definition) is 5. The van der Waals surface area contributed by atoms with Gasteiger partial charge in [-0.05, 0) is 43.1 Å². The first kappa shape index (κ1) is 16.0. The van der Waals surface area contributed by atoms with Gasteiger partial charge in [-0.1, -0.05) is 12.1 Å². The van der Waals surface area contributed by atoms with Crippen LogP contribution in [0.1, 0.15) is 37.2 Å². The number of rotatable bonds is 4. The molecule has 8 heteroatoms. The first-order chi connectivity index (χ1) is 11.8. The van der Waals surface area contributed by atoms with Crippen molar-refractivity contribution < 1.29 is 19.7 Å². The van der Waals surface area contributed by atoms with Crippen molar-refractivity contribution in [3.63, 3.8) is 0 Å². The Balaban J connectivity index is 1.84. The minimum absolute atomic E-state index is 0.0761. The van der Waals surface area contributed by atoms with Crippen molar-refractivity contribution in [2.24, 2.45) is 17.3 Å². The lowest BCUT2D eigenvalue weighted by molar-refractivity contribution is -0.559. The van der Waals surface area contributed by atoms with Crippen molar-refractivity contribution in [3.8, 4) is 0 Å². The third-order valence-corrected chi connectivity index (χ3v) is 6.30. The van der Waals surface area contributed by atoms with Crippen molar-refractivity contribution in [1.82, 2.24) is 0 Å². The third kappa shape index (κ3) is 2.09. The summed E-state index contributed by atoms with van der Waals surface area (Å²) in [6.45, 7) is 0. The molecule has 131 valence electrons. The van der Waals surface area contributed by atoms with Crippen LogP contribution in [0, 0.1) is 43.4 Å². The summed E-state index contributed by atoms with van der Waals surface area (Å²) < 4.78 is 0. The Morgan fingerprint density at radius 2 is 1.84 bits per heavy atom. The molecule has 0 heterocycles. The molecule has 4 bridgehead atoms. The first-order valence-corrected chi connectivity index (χ1v) is 8.30. The highest BCUT2D eigenvalue weighted by atomic mass is 16.6. The van der Waals surface area contributed by atoms with Crippen LogP contribution in [0.15, 0.2) is 24.3 Å². The molecule has 1 N–H and O–H groups in total. The number of hydrogen-bond donors (Lipinski definition) is 1. The standard InChI is InChI=1S/C17H17N2O6/c20-16(21)17-8-9-5-11(7-12(6-9)15(17)19(24)25)14(17)10-1-3-13(4-2-10)18(22)23/h1-4,9,12,14-15H,5-8H2,(H,20,21). The molecule has 1 radical (unpaired) electrons. The van der Waals surface area contributed by atoms with Crippen molar-refractivity contribution in [1.29, 1.82) is 0 Å². The molecular formula is C17H17N2O6. The van der Waals surface area contributed by atoms with Gasteiger partial charge in [0.1, 0.15) is 5.41 Å². The summed E-state index contributed by atoms with van der Waals surface area (Å²) in [7, 11) is 0. The molecule has 4 aliphatic rings. The van der Waals surface area contributed by atoms with Gasteiger partial charge in [0, 0.05) is 28.9 Å². The number of carbonyl (C=O) groups is 1. The number of benzene rings is 1. The quantitative estimate of drug-likeness (QED) is 0.661. The van der Waals surface area contributed by atoms with Gasteiger partial charge in [0.05, 0.1) is 4.92 Å². The molecule has 25 heavy (non-hydrogen) atoms.